The first-order valence-corrected chi connectivity index (χ1v) is 7.96. The van der Waals surface area contributed by atoms with E-state index in [1.54, 1.807) is 11.3 Å². The molecule has 6 heteroatoms. The number of thiophene rings is 2. The zero-order valence-electron chi connectivity index (χ0n) is 7.34. The zero-order chi connectivity index (χ0) is 11.0. The number of hydrogen-bond acceptors (Lipinski definition) is 3. The van der Waals surface area contributed by atoms with E-state index in [1.165, 1.54) is 14.2 Å². The Labute approximate surface area is 123 Å². The van der Waals surface area contributed by atoms with Crippen molar-refractivity contribution in [3.05, 3.63) is 39.6 Å². The van der Waals surface area contributed by atoms with Gasteiger partial charge in [-0.1, -0.05) is 11.6 Å². The maximum Gasteiger partial charge on any atom is 0.107 e. The molecule has 15 heavy (non-hydrogen) atoms. The van der Waals surface area contributed by atoms with Gasteiger partial charge in [0.2, 0.25) is 0 Å². The molecule has 1 atom stereocenters. The average Bonchev–Trinajstić information content (AvgIpc) is 2.74. The molecule has 0 saturated carbocycles. The van der Waals surface area contributed by atoms with E-state index in [0.29, 0.717) is 0 Å². The van der Waals surface area contributed by atoms with Crippen LogP contribution in [0.15, 0.2) is 22.0 Å². The van der Waals surface area contributed by atoms with Gasteiger partial charge in [-0.3, -0.25) is 0 Å². The number of nitrogens with two attached hydrogens (primary N) is 1. The second kappa shape index (κ2) is 5.01. The van der Waals surface area contributed by atoms with Crippen LogP contribution in [0.5, 0.6) is 0 Å². The van der Waals surface area contributed by atoms with Crippen molar-refractivity contribution < 1.29 is 0 Å². The Morgan fingerprint density at radius 3 is 2.67 bits per heavy atom. The highest BCUT2D eigenvalue weighted by Crippen LogP contribution is 2.37. The predicted molar refractivity (Wildman–Crippen MR) is 80.1 cm³/mol. The number of rotatable bonds is 2. The van der Waals surface area contributed by atoms with Gasteiger partial charge in [-0.05, 0) is 61.6 Å². The Balaban J connectivity index is 2.31. The van der Waals surface area contributed by atoms with Crippen LogP contribution in [-0.4, -0.2) is 0 Å². The molecule has 0 spiro atoms. The lowest BCUT2D eigenvalue weighted by atomic mass is 10.1. The van der Waals surface area contributed by atoms with Crippen molar-refractivity contribution in [3.63, 3.8) is 0 Å². The van der Waals surface area contributed by atoms with Gasteiger partial charge in [0.15, 0.2) is 0 Å². The molecule has 1 nitrogen and oxygen atoms in total. The summed E-state index contributed by atoms with van der Waals surface area (Å²) in [5, 5.41) is 2.09. The molecule has 0 radical (unpaired) electrons. The van der Waals surface area contributed by atoms with E-state index in [1.807, 2.05) is 6.07 Å². The predicted octanol–water partition coefficient (Wildman–Crippen LogP) is 4.88. The largest absolute Gasteiger partial charge is 0.320 e. The van der Waals surface area contributed by atoms with Crippen LogP contribution in [0, 0.1) is 2.88 Å². The minimum atomic E-state index is -0.0708. The summed E-state index contributed by atoms with van der Waals surface area (Å²) < 4.78 is 2.93. The lowest BCUT2D eigenvalue weighted by Crippen LogP contribution is -2.08. The third kappa shape index (κ3) is 2.76. The van der Waals surface area contributed by atoms with E-state index in [-0.39, 0.29) is 6.04 Å². The molecule has 0 amide bonds. The highest BCUT2D eigenvalue weighted by molar-refractivity contribution is 14.1. The molecule has 0 bridgehead atoms. The smallest absolute Gasteiger partial charge is 0.107 e. The van der Waals surface area contributed by atoms with Crippen LogP contribution in [-0.2, 0) is 0 Å². The SMILES string of the molecule is NC(c1csc(I)c1)c1cc(Br)c(Cl)s1. The molecule has 80 valence electrons. The molecule has 2 aromatic heterocycles. The highest BCUT2D eigenvalue weighted by atomic mass is 127. The van der Waals surface area contributed by atoms with Crippen LogP contribution in [0.4, 0.5) is 0 Å². The van der Waals surface area contributed by atoms with E-state index in [2.05, 4.69) is 50.0 Å². The first kappa shape index (κ1) is 12.3. The Morgan fingerprint density at radius 2 is 2.20 bits per heavy atom. The van der Waals surface area contributed by atoms with Gasteiger partial charge in [-0.25, -0.2) is 0 Å². The van der Waals surface area contributed by atoms with Gasteiger partial charge in [0, 0.05) is 9.35 Å². The monoisotopic (exact) mass is 433 g/mol. The lowest BCUT2D eigenvalue weighted by Gasteiger charge is -2.05. The van der Waals surface area contributed by atoms with E-state index in [0.717, 1.165) is 19.2 Å². The minimum absolute atomic E-state index is 0.0708. The fourth-order valence-corrected chi connectivity index (χ4v) is 4.34. The average molecular weight is 435 g/mol. The summed E-state index contributed by atoms with van der Waals surface area (Å²) in [7, 11) is 0. The van der Waals surface area contributed by atoms with E-state index in [4.69, 9.17) is 17.3 Å². The Morgan fingerprint density at radius 1 is 1.47 bits per heavy atom. The Hall–Kier alpha value is 0.860. The van der Waals surface area contributed by atoms with E-state index >= 15 is 0 Å². The van der Waals surface area contributed by atoms with E-state index < -0.39 is 0 Å². The summed E-state index contributed by atoms with van der Waals surface area (Å²) in [6, 6.07) is 4.03. The summed E-state index contributed by atoms with van der Waals surface area (Å²) >= 11 is 14.9. The maximum atomic E-state index is 6.15. The fourth-order valence-electron chi connectivity index (χ4n) is 1.17. The first-order valence-electron chi connectivity index (χ1n) is 4.02. The van der Waals surface area contributed by atoms with Gasteiger partial charge in [0.1, 0.15) is 4.34 Å². The standard InChI is InChI=1S/C9H6BrClINS2/c10-5-2-6(15-9(5)11)8(13)4-1-7(12)14-3-4/h1-3,8H,13H2. The topological polar surface area (TPSA) is 26.0 Å². The summed E-state index contributed by atoms with van der Waals surface area (Å²) in [5.41, 5.74) is 7.29. The van der Waals surface area contributed by atoms with Crippen molar-refractivity contribution in [3.8, 4) is 0 Å². The van der Waals surface area contributed by atoms with Crippen LogP contribution in [0.1, 0.15) is 16.5 Å². The van der Waals surface area contributed by atoms with Gasteiger partial charge in [-0.2, -0.15) is 0 Å². The molecule has 0 aliphatic rings. The van der Waals surface area contributed by atoms with Crippen LogP contribution >= 0.6 is 72.8 Å². The number of hydrogen-bond donors (Lipinski definition) is 1. The zero-order valence-corrected chi connectivity index (χ0v) is 13.5. The van der Waals surface area contributed by atoms with Crippen molar-refractivity contribution in [1.29, 1.82) is 0 Å². The summed E-state index contributed by atoms with van der Waals surface area (Å²) in [6.45, 7) is 0. The number of halogens is 3. The third-order valence-corrected chi connectivity index (χ3v) is 6.28. The van der Waals surface area contributed by atoms with Gasteiger partial charge >= 0.3 is 0 Å². The summed E-state index contributed by atoms with van der Waals surface area (Å²) in [5.74, 6) is 0. The van der Waals surface area contributed by atoms with Crippen LogP contribution in [0.3, 0.4) is 0 Å². The molecular weight excluding hydrogens is 429 g/mol. The van der Waals surface area contributed by atoms with Crippen molar-refractivity contribution in [2.75, 3.05) is 0 Å². The van der Waals surface area contributed by atoms with Crippen LogP contribution in [0.2, 0.25) is 4.34 Å². The van der Waals surface area contributed by atoms with Crippen molar-refractivity contribution in [1.82, 2.24) is 0 Å². The molecule has 2 rings (SSSR count). The van der Waals surface area contributed by atoms with Gasteiger partial charge in [0.25, 0.3) is 0 Å². The van der Waals surface area contributed by atoms with Crippen LogP contribution < -0.4 is 5.73 Å². The summed E-state index contributed by atoms with van der Waals surface area (Å²) in [4.78, 5) is 1.08. The molecular formula is C9H6BrClINS2. The van der Waals surface area contributed by atoms with Crippen molar-refractivity contribution in [2.24, 2.45) is 5.73 Å². The quantitative estimate of drug-likeness (QED) is 0.670. The molecule has 2 N–H and O–H groups in total. The second-order valence-corrected chi connectivity index (χ2v) is 8.28. The second-order valence-electron chi connectivity index (χ2n) is 2.93. The third-order valence-electron chi connectivity index (χ3n) is 1.92. The summed E-state index contributed by atoms with van der Waals surface area (Å²) in [6.07, 6.45) is 0. The molecule has 2 aromatic rings. The van der Waals surface area contributed by atoms with Gasteiger partial charge < -0.3 is 5.73 Å². The van der Waals surface area contributed by atoms with E-state index in [9.17, 15) is 0 Å². The van der Waals surface area contributed by atoms with Crippen LogP contribution in [0.25, 0.3) is 0 Å². The normalized spacial score (nSPS) is 13.1. The molecule has 2 heterocycles. The first-order chi connectivity index (χ1) is 7.08. The molecule has 0 aliphatic carbocycles. The minimum Gasteiger partial charge on any atom is -0.320 e. The fraction of sp³-hybridized carbons (Fsp3) is 0.111. The lowest BCUT2D eigenvalue weighted by molar-refractivity contribution is 0.898. The Bertz CT molecular complexity index is 463. The van der Waals surface area contributed by atoms with Gasteiger partial charge in [0.05, 0.1) is 8.93 Å². The Kier molecular flexibility index (Phi) is 4.12. The molecule has 0 saturated heterocycles. The molecule has 1 unspecified atom stereocenters. The van der Waals surface area contributed by atoms with Crippen molar-refractivity contribution >= 4 is 72.8 Å². The highest BCUT2D eigenvalue weighted by Gasteiger charge is 2.15. The maximum absolute atomic E-state index is 6.15. The van der Waals surface area contributed by atoms with Crippen molar-refractivity contribution in [2.45, 2.75) is 6.04 Å². The molecule has 0 aromatic carbocycles. The molecule has 0 aliphatic heterocycles. The van der Waals surface area contributed by atoms with Gasteiger partial charge in [-0.15, -0.1) is 22.7 Å². The molecule has 0 fully saturated rings.